The molecule has 0 saturated carbocycles. The predicted molar refractivity (Wildman–Crippen MR) is 94.8 cm³/mol. The summed E-state index contributed by atoms with van der Waals surface area (Å²) in [6, 6.07) is 6.25. The van der Waals surface area contributed by atoms with Crippen molar-refractivity contribution in [2.45, 2.75) is 52.0 Å². The molecule has 1 saturated heterocycles. The first-order valence-electron chi connectivity index (χ1n) is 9.02. The summed E-state index contributed by atoms with van der Waals surface area (Å²) < 4.78 is 2.13. The molecule has 0 spiro atoms. The van der Waals surface area contributed by atoms with Crippen LogP contribution in [0.25, 0.3) is 0 Å². The topological polar surface area (TPSA) is 53.9 Å². The maximum atomic E-state index is 13.1. The fourth-order valence-corrected chi connectivity index (χ4v) is 3.64. The van der Waals surface area contributed by atoms with Crippen LogP contribution in [0.1, 0.15) is 67.4 Å². The molecule has 1 atom stereocenters. The van der Waals surface area contributed by atoms with Crippen LogP contribution in [0.5, 0.6) is 0 Å². The van der Waals surface area contributed by atoms with Crippen LogP contribution in [0.2, 0.25) is 0 Å². The Morgan fingerprint density at radius 1 is 1.38 bits per heavy atom. The summed E-state index contributed by atoms with van der Waals surface area (Å²) in [5.41, 5.74) is 2.80. The van der Waals surface area contributed by atoms with Gasteiger partial charge in [0.2, 0.25) is 0 Å². The first-order chi connectivity index (χ1) is 11.6. The summed E-state index contributed by atoms with van der Waals surface area (Å²) in [5, 5.41) is 7.32. The van der Waals surface area contributed by atoms with E-state index in [0.29, 0.717) is 11.6 Å². The van der Waals surface area contributed by atoms with Crippen LogP contribution in [0.15, 0.2) is 24.4 Å². The number of nitrogens with zero attached hydrogens (tertiary/aromatic N) is 3. The van der Waals surface area contributed by atoms with Gasteiger partial charge in [-0.1, -0.05) is 26.7 Å². The molecule has 0 aromatic carbocycles. The number of likely N-dealkylation sites (tertiary alicyclic amines) is 1. The lowest BCUT2D eigenvalue weighted by molar-refractivity contribution is 0.0668. The summed E-state index contributed by atoms with van der Waals surface area (Å²) in [5.74, 6) is 0.595. The molecule has 1 fully saturated rings. The summed E-state index contributed by atoms with van der Waals surface area (Å²) in [6.45, 7) is 5.15. The lowest BCUT2D eigenvalue weighted by atomic mass is 10.1. The molecule has 1 amide bonds. The van der Waals surface area contributed by atoms with Crippen molar-refractivity contribution in [2.75, 3.05) is 6.54 Å². The van der Waals surface area contributed by atoms with Gasteiger partial charge < -0.3 is 9.47 Å². The van der Waals surface area contributed by atoms with Gasteiger partial charge in [-0.15, -0.1) is 0 Å². The van der Waals surface area contributed by atoms with E-state index in [1.807, 2.05) is 11.0 Å². The number of carbonyl (C=O) groups excluding carboxylic acids is 1. The highest BCUT2D eigenvalue weighted by Gasteiger charge is 2.30. The monoisotopic (exact) mass is 328 g/mol. The molecule has 5 heteroatoms. The summed E-state index contributed by atoms with van der Waals surface area (Å²) in [6.07, 6.45) is 7.41. The standard InChI is InChI=1S/C19H28N4O/c1-14(2)12-15-13-16(21-20-15)19(24)23-11-6-4-5-8-18(23)17-9-7-10-22(17)3/h7,9-10,13-14,18H,4-6,8,11-12H2,1-3H3,(H,20,21)/t18-/m0/s1. The first kappa shape index (κ1) is 16.8. The maximum Gasteiger partial charge on any atom is 0.274 e. The van der Waals surface area contributed by atoms with E-state index in [1.54, 1.807) is 0 Å². The van der Waals surface area contributed by atoms with Crippen molar-refractivity contribution in [3.8, 4) is 0 Å². The van der Waals surface area contributed by atoms with Gasteiger partial charge in [-0.2, -0.15) is 5.10 Å². The number of hydrogen-bond acceptors (Lipinski definition) is 2. The number of aryl methyl sites for hydroxylation is 1. The Hall–Kier alpha value is -2.04. The van der Waals surface area contributed by atoms with Gasteiger partial charge in [-0.3, -0.25) is 9.89 Å². The van der Waals surface area contributed by atoms with E-state index >= 15 is 0 Å². The Bertz CT molecular complexity index is 685. The molecule has 0 unspecified atom stereocenters. The summed E-state index contributed by atoms with van der Waals surface area (Å²) in [4.78, 5) is 15.1. The Morgan fingerprint density at radius 3 is 2.92 bits per heavy atom. The molecule has 130 valence electrons. The Kier molecular flexibility index (Phi) is 5.07. The van der Waals surface area contributed by atoms with Crippen LogP contribution >= 0.6 is 0 Å². The van der Waals surface area contributed by atoms with Crippen molar-refractivity contribution in [3.63, 3.8) is 0 Å². The third kappa shape index (κ3) is 3.55. The lowest BCUT2D eigenvalue weighted by Crippen LogP contribution is -2.35. The minimum Gasteiger partial charge on any atom is -0.353 e. The minimum atomic E-state index is 0.0503. The average Bonchev–Trinajstić information content (AvgIpc) is 3.09. The van der Waals surface area contributed by atoms with Crippen molar-refractivity contribution >= 4 is 5.91 Å². The fraction of sp³-hybridized carbons (Fsp3) is 0.579. The van der Waals surface area contributed by atoms with E-state index in [9.17, 15) is 4.79 Å². The van der Waals surface area contributed by atoms with Crippen LogP contribution in [0, 0.1) is 5.92 Å². The van der Waals surface area contributed by atoms with E-state index in [1.165, 1.54) is 18.5 Å². The molecule has 0 radical (unpaired) electrons. The SMILES string of the molecule is CC(C)Cc1cc(C(=O)N2CCCCC[C@H]2c2cccn2C)n[nH]1. The van der Waals surface area contributed by atoms with Crippen LogP contribution in [-0.4, -0.2) is 32.1 Å². The second-order valence-electron chi connectivity index (χ2n) is 7.28. The predicted octanol–water partition coefficient (Wildman–Crippen LogP) is 3.70. The highest BCUT2D eigenvalue weighted by Crippen LogP contribution is 2.31. The molecule has 2 aromatic rings. The molecule has 24 heavy (non-hydrogen) atoms. The molecular formula is C19H28N4O. The van der Waals surface area contributed by atoms with Crippen molar-refractivity contribution < 1.29 is 4.79 Å². The third-order valence-electron chi connectivity index (χ3n) is 4.82. The van der Waals surface area contributed by atoms with Crippen LogP contribution in [0.3, 0.4) is 0 Å². The molecule has 1 aliphatic rings. The largest absolute Gasteiger partial charge is 0.353 e. The van der Waals surface area contributed by atoms with Crippen molar-refractivity contribution in [1.82, 2.24) is 19.7 Å². The Balaban J connectivity index is 1.84. The molecule has 2 aromatic heterocycles. The van der Waals surface area contributed by atoms with Gasteiger partial charge in [-0.25, -0.2) is 0 Å². The van der Waals surface area contributed by atoms with E-state index in [-0.39, 0.29) is 11.9 Å². The zero-order valence-electron chi connectivity index (χ0n) is 15.0. The van der Waals surface area contributed by atoms with Crippen LogP contribution in [0.4, 0.5) is 0 Å². The number of H-pyrrole nitrogens is 1. The number of aromatic amines is 1. The molecule has 3 rings (SSSR count). The molecule has 0 bridgehead atoms. The number of carbonyl (C=O) groups is 1. The van der Waals surface area contributed by atoms with Crippen LogP contribution < -0.4 is 0 Å². The molecule has 3 heterocycles. The summed E-state index contributed by atoms with van der Waals surface area (Å²) >= 11 is 0. The molecule has 0 aliphatic carbocycles. The number of hydrogen-bond donors (Lipinski definition) is 1. The van der Waals surface area contributed by atoms with Crippen LogP contribution in [-0.2, 0) is 13.5 Å². The van der Waals surface area contributed by atoms with E-state index < -0.39 is 0 Å². The lowest BCUT2D eigenvalue weighted by Gasteiger charge is -2.30. The van der Waals surface area contributed by atoms with Gasteiger partial charge in [0, 0.05) is 31.2 Å². The molecule has 1 N–H and O–H groups in total. The molecular weight excluding hydrogens is 300 g/mol. The highest BCUT2D eigenvalue weighted by molar-refractivity contribution is 5.92. The second kappa shape index (κ2) is 7.24. The Morgan fingerprint density at radius 2 is 2.21 bits per heavy atom. The smallest absolute Gasteiger partial charge is 0.274 e. The van der Waals surface area contributed by atoms with Crippen molar-refractivity contribution in [2.24, 2.45) is 13.0 Å². The van der Waals surface area contributed by atoms with E-state index in [0.717, 1.165) is 31.5 Å². The molecule has 5 nitrogen and oxygen atoms in total. The first-order valence-corrected chi connectivity index (χ1v) is 9.02. The average molecular weight is 328 g/mol. The quantitative estimate of drug-likeness (QED) is 0.930. The van der Waals surface area contributed by atoms with Gasteiger partial charge in [-0.05, 0) is 43.4 Å². The number of aromatic nitrogens is 3. The van der Waals surface area contributed by atoms with Crippen molar-refractivity contribution in [3.05, 3.63) is 41.5 Å². The van der Waals surface area contributed by atoms with Gasteiger partial charge in [0.1, 0.15) is 5.69 Å². The summed E-state index contributed by atoms with van der Waals surface area (Å²) in [7, 11) is 2.05. The normalized spacial score (nSPS) is 18.8. The van der Waals surface area contributed by atoms with Gasteiger partial charge >= 0.3 is 0 Å². The van der Waals surface area contributed by atoms with Gasteiger partial charge in [0.15, 0.2) is 0 Å². The van der Waals surface area contributed by atoms with Crippen molar-refractivity contribution in [1.29, 1.82) is 0 Å². The number of nitrogens with one attached hydrogen (secondary N) is 1. The minimum absolute atomic E-state index is 0.0503. The fourth-order valence-electron chi connectivity index (χ4n) is 3.64. The zero-order valence-corrected chi connectivity index (χ0v) is 15.0. The Labute approximate surface area is 144 Å². The number of amides is 1. The number of rotatable bonds is 4. The highest BCUT2D eigenvalue weighted by atomic mass is 16.2. The van der Waals surface area contributed by atoms with E-state index in [4.69, 9.17) is 0 Å². The van der Waals surface area contributed by atoms with Gasteiger partial charge in [0.05, 0.1) is 6.04 Å². The molecule has 1 aliphatic heterocycles. The third-order valence-corrected chi connectivity index (χ3v) is 4.82. The van der Waals surface area contributed by atoms with Gasteiger partial charge in [0.25, 0.3) is 5.91 Å². The van der Waals surface area contributed by atoms with E-state index in [2.05, 4.69) is 54.0 Å². The zero-order chi connectivity index (χ0) is 17.1. The second-order valence-corrected chi connectivity index (χ2v) is 7.28. The maximum absolute atomic E-state index is 13.1.